The van der Waals surface area contributed by atoms with Gasteiger partial charge in [-0.15, -0.1) is 0 Å². The van der Waals surface area contributed by atoms with Crippen LogP contribution >= 0.6 is 23.8 Å². The molecule has 0 spiro atoms. The molecule has 1 aliphatic rings. The van der Waals surface area contributed by atoms with Gasteiger partial charge in [0.25, 0.3) is 0 Å². The Morgan fingerprint density at radius 1 is 1.25 bits per heavy atom. The van der Waals surface area contributed by atoms with Crippen molar-refractivity contribution in [3.63, 3.8) is 0 Å². The van der Waals surface area contributed by atoms with Crippen LogP contribution < -0.4 is 16.2 Å². The Bertz CT molecular complexity index is 780. The van der Waals surface area contributed by atoms with Crippen molar-refractivity contribution in [2.24, 2.45) is 5.92 Å². The van der Waals surface area contributed by atoms with E-state index in [1.165, 1.54) is 6.08 Å². The van der Waals surface area contributed by atoms with Crippen LogP contribution in [0, 0.1) is 5.92 Å². The average molecular weight is 435 g/mol. The Balaban J connectivity index is 1.85. The SMILES string of the molecule is C=CC(=O)N1CCC(C(=O)NNC(=S)Nc2cc(C(F)(F)F)ccc2Cl)CC1. The van der Waals surface area contributed by atoms with Gasteiger partial charge >= 0.3 is 6.18 Å². The van der Waals surface area contributed by atoms with Crippen molar-refractivity contribution < 1.29 is 22.8 Å². The number of benzene rings is 1. The summed E-state index contributed by atoms with van der Waals surface area (Å²) in [5.41, 5.74) is 3.93. The largest absolute Gasteiger partial charge is 0.416 e. The molecule has 0 aromatic heterocycles. The number of thiocarbonyl (C=S) groups is 1. The van der Waals surface area contributed by atoms with Crippen LogP contribution in [0.25, 0.3) is 0 Å². The molecule has 1 aliphatic heterocycles. The van der Waals surface area contributed by atoms with E-state index in [4.69, 9.17) is 23.8 Å². The number of piperidine rings is 1. The van der Waals surface area contributed by atoms with E-state index < -0.39 is 11.7 Å². The summed E-state index contributed by atoms with van der Waals surface area (Å²) in [6, 6.07) is 2.78. The Morgan fingerprint density at radius 2 is 1.89 bits per heavy atom. The number of amides is 2. The van der Waals surface area contributed by atoms with Crippen LogP contribution in [-0.2, 0) is 15.8 Å². The molecule has 11 heteroatoms. The topological polar surface area (TPSA) is 73.5 Å². The summed E-state index contributed by atoms with van der Waals surface area (Å²) in [4.78, 5) is 25.3. The summed E-state index contributed by atoms with van der Waals surface area (Å²) in [6.07, 6.45) is -2.34. The van der Waals surface area contributed by atoms with Crippen LogP contribution in [-0.4, -0.2) is 34.9 Å². The lowest BCUT2D eigenvalue weighted by Gasteiger charge is -2.30. The number of hydrogen-bond acceptors (Lipinski definition) is 3. The number of hydrazine groups is 1. The second kappa shape index (κ2) is 9.24. The fourth-order valence-corrected chi connectivity index (χ4v) is 2.99. The van der Waals surface area contributed by atoms with Crippen LogP contribution in [0.3, 0.4) is 0 Å². The number of nitrogens with zero attached hydrogens (tertiary/aromatic N) is 1. The Morgan fingerprint density at radius 3 is 2.46 bits per heavy atom. The number of alkyl halides is 3. The lowest BCUT2D eigenvalue weighted by atomic mass is 9.96. The zero-order valence-electron chi connectivity index (χ0n) is 14.6. The molecule has 0 unspecified atom stereocenters. The first-order valence-corrected chi connectivity index (χ1v) is 9.05. The number of likely N-dealkylation sites (tertiary alicyclic amines) is 1. The van der Waals surface area contributed by atoms with Gasteiger partial charge in [-0.1, -0.05) is 18.2 Å². The highest BCUT2D eigenvalue weighted by Gasteiger charge is 2.31. The summed E-state index contributed by atoms with van der Waals surface area (Å²) >= 11 is 10.9. The molecule has 0 radical (unpaired) electrons. The van der Waals surface area contributed by atoms with Gasteiger partial charge in [-0.05, 0) is 49.3 Å². The minimum Gasteiger partial charge on any atom is -0.339 e. The predicted molar refractivity (Wildman–Crippen MR) is 103 cm³/mol. The van der Waals surface area contributed by atoms with Gasteiger partial charge in [0.05, 0.1) is 16.3 Å². The second-order valence-electron chi connectivity index (χ2n) is 6.06. The number of nitrogens with one attached hydrogen (secondary N) is 3. The van der Waals surface area contributed by atoms with Gasteiger partial charge in [-0.25, -0.2) is 0 Å². The molecule has 152 valence electrons. The molecule has 2 amide bonds. The van der Waals surface area contributed by atoms with Gasteiger partial charge in [-0.2, -0.15) is 13.2 Å². The molecular formula is C17H18ClF3N4O2S. The third-order valence-electron chi connectivity index (χ3n) is 4.19. The molecule has 2 rings (SSSR count). The molecular weight excluding hydrogens is 417 g/mol. The van der Waals surface area contributed by atoms with E-state index in [0.29, 0.717) is 25.9 Å². The van der Waals surface area contributed by atoms with Gasteiger partial charge in [-0.3, -0.25) is 20.4 Å². The maximum Gasteiger partial charge on any atom is 0.416 e. The molecule has 1 aromatic carbocycles. The van der Waals surface area contributed by atoms with E-state index in [1.54, 1.807) is 4.90 Å². The summed E-state index contributed by atoms with van der Waals surface area (Å²) in [5, 5.41) is 2.45. The van der Waals surface area contributed by atoms with Crippen molar-refractivity contribution >= 4 is 46.4 Å². The van der Waals surface area contributed by atoms with Crippen molar-refractivity contribution in [2.45, 2.75) is 19.0 Å². The van der Waals surface area contributed by atoms with Crippen LogP contribution in [0.2, 0.25) is 5.02 Å². The van der Waals surface area contributed by atoms with E-state index >= 15 is 0 Å². The van der Waals surface area contributed by atoms with Crippen LogP contribution in [0.5, 0.6) is 0 Å². The minimum atomic E-state index is -4.52. The first-order chi connectivity index (χ1) is 13.1. The van der Waals surface area contributed by atoms with Crippen molar-refractivity contribution in [1.29, 1.82) is 0 Å². The zero-order chi connectivity index (χ0) is 20.9. The fraction of sp³-hybridized carbons (Fsp3) is 0.353. The lowest BCUT2D eigenvalue weighted by molar-refractivity contribution is -0.137. The molecule has 1 heterocycles. The molecule has 1 fully saturated rings. The zero-order valence-corrected chi connectivity index (χ0v) is 16.2. The summed E-state index contributed by atoms with van der Waals surface area (Å²) in [7, 11) is 0. The number of anilines is 1. The first-order valence-electron chi connectivity index (χ1n) is 8.26. The van der Waals surface area contributed by atoms with Gasteiger partial charge in [0, 0.05) is 19.0 Å². The number of halogens is 4. The molecule has 0 bridgehead atoms. The quantitative estimate of drug-likeness (QED) is 0.387. The fourth-order valence-electron chi connectivity index (χ4n) is 2.66. The molecule has 0 aliphatic carbocycles. The van der Waals surface area contributed by atoms with Gasteiger partial charge in [0.2, 0.25) is 11.8 Å². The number of rotatable bonds is 3. The maximum atomic E-state index is 12.8. The molecule has 28 heavy (non-hydrogen) atoms. The predicted octanol–water partition coefficient (Wildman–Crippen LogP) is 3.10. The smallest absolute Gasteiger partial charge is 0.339 e. The van der Waals surface area contributed by atoms with Crippen LogP contribution in [0.1, 0.15) is 18.4 Å². The van der Waals surface area contributed by atoms with Crippen molar-refractivity contribution in [2.75, 3.05) is 18.4 Å². The molecule has 6 nitrogen and oxygen atoms in total. The highest BCUT2D eigenvalue weighted by molar-refractivity contribution is 7.80. The monoisotopic (exact) mass is 434 g/mol. The summed E-state index contributed by atoms with van der Waals surface area (Å²) in [6.45, 7) is 4.30. The molecule has 3 N–H and O–H groups in total. The van der Waals surface area contributed by atoms with E-state index in [0.717, 1.165) is 18.2 Å². The van der Waals surface area contributed by atoms with Crippen LogP contribution in [0.4, 0.5) is 18.9 Å². The third kappa shape index (κ3) is 5.83. The number of carbonyl (C=O) groups is 2. The van der Waals surface area contributed by atoms with Crippen molar-refractivity contribution in [3.05, 3.63) is 41.4 Å². The van der Waals surface area contributed by atoms with E-state index in [9.17, 15) is 22.8 Å². The van der Waals surface area contributed by atoms with E-state index in [-0.39, 0.29) is 33.6 Å². The van der Waals surface area contributed by atoms with Crippen molar-refractivity contribution in [1.82, 2.24) is 15.8 Å². The van der Waals surface area contributed by atoms with Gasteiger partial charge < -0.3 is 10.2 Å². The number of carbonyl (C=O) groups excluding carboxylic acids is 2. The Kier molecular flexibility index (Phi) is 7.25. The van der Waals surface area contributed by atoms with E-state index in [2.05, 4.69) is 22.7 Å². The third-order valence-corrected chi connectivity index (χ3v) is 4.73. The van der Waals surface area contributed by atoms with Crippen molar-refractivity contribution in [3.8, 4) is 0 Å². The van der Waals surface area contributed by atoms with Crippen LogP contribution in [0.15, 0.2) is 30.9 Å². The maximum absolute atomic E-state index is 12.8. The average Bonchev–Trinajstić information content (AvgIpc) is 2.66. The van der Waals surface area contributed by atoms with E-state index in [1.807, 2.05) is 0 Å². The molecule has 1 aromatic rings. The molecule has 1 saturated heterocycles. The summed E-state index contributed by atoms with van der Waals surface area (Å²) in [5.74, 6) is -0.827. The highest BCUT2D eigenvalue weighted by Crippen LogP contribution is 2.33. The normalized spacial score (nSPS) is 14.9. The molecule has 0 saturated carbocycles. The van der Waals surface area contributed by atoms with Gasteiger partial charge in [0.1, 0.15) is 0 Å². The standard InChI is InChI=1S/C17H18ClF3N4O2S/c1-2-14(26)25-7-5-10(6-8-25)15(27)23-24-16(28)22-13-9-11(17(19,20)21)3-4-12(13)18/h2-4,9-10H,1,5-8H2,(H,23,27)(H2,22,24,28). The second-order valence-corrected chi connectivity index (χ2v) is 6.88. The Hall–Kier alpha value is -2.33. The Labute approximate surface area is 170 Å². The summed E-state index contributed by atoms with van der Waals surface area (Å²) < 4.78 is 38.4. The number of hydrogen-bond donors (Lipinski definition) is 3. The minimum absolute atomic E-state index is 0.0421. The first kappa shape index (κ1) is 22.0. The van der Waals surface area contributed by atoms with Gasteiger partial charge in [0.15, 0.2) is 5.11 Å². The lowest BCUT2D eigenvalue weighted by Crippen LogP contribution is -2.49. The highest BCUT2D eigenvalue weighted by atomic mass is 35.5. The molecule has 0 atom stereocenters.